The van der Waals surface area contributed by atoms with Gasteiger partial charge in [-0.05, 0) is 18.1 Å². The van der Waals surface area contributed by atoms with Crippen LogP contribution < -0.4 is 0 Å². The molecule has 0 radical (unpaired) electrons. The molecule has 1 aromatic carbocycles. The van der Waals surface area contributed by atoms with Crippen LogP contribution in [0.4, 0.5) is 0 Å². The number of piperidine rings is 1. The summed E-state index contributed by atoms with van der Waals surface area (Å²) in [5.74, 6) is -1.15. The number of thioether (sulfide) groups is 1. The SMILES string of the molecule is O=C(C1Cc2ccccc2S1)N1CCC(O)(C(=O)O)CC1. The highest BCUT2D eigenvalue weighted by Gasteiger charge is 2.42. The van der Waals surface area contributed by atoms with Crippen LogP contribution in [0.5, 0.6) is 0 Å². The number of carboxylic acid groups (broad SMARTS) is 1. The van der Waals surface area contributed by atoms with Crippen LogP contribution in [0.2, 0.25) is 0 Å². The Labute approximate surface area is 126 Å². The minimum Gasteiger partial charge on any atom is -0.479 e. The zero-order chi connectivity index (χ0) is 15.0. The van der Waals surface area contributed by atoms with E-state index in [4.69, 9.17) is 5.11 Å². The number of aliphatic hydroxyl groups is 1. The molecule has 2 heterocycles. The van der Waals surface area contributed by atoms with Gasteiger partial charge >= 0.3 is 5.97 Å². The molecular weight excluding hydrogens is 290 g/mol. The van der Waals surface area contributed by atoms with E-state index in [0.29, 0.717) is 13.1 Å². The van der Waals surface area contributed by atoms with E-state index in [0.717, 1.165) is 11.3 Å². The van der Waals surface area contributed by atoms with Crippen molar-refractivity contribution in [3.8, 4) is 0 Å². The van der Waals surface area contributed by atoms with Crippen molar-refractivity contribution in [2.45, 2.75) is 35.0 Å². The molecule has 1 amide bonds. The summed E-state index contributed by atoms with van der Waals surface area (Å²) in [7, 11) is 0. The van der Waals surface area contributed by atoms with Gasteiger partial charge in [-0.15, -0.1) is 11.8 Å². The van der Waals surface area contributed by atoms with E-state index >= 15 is 0 Å². The summed E-state index contributed by atoms with van der Waals surface area (Å²) in [6.45, 7) is 0.601. The second kappa shape index (κ2) is 5.35. The van der Waals surface area contributed by atoms with E-state index < -0.39 is 11.6 Å². The Morgan fingerprint density at radius 1 is 1.24 bits per heavy atom. The average molecular weight is 307 g/mol. The number of carbonyl (C=O) groups excluding carboxylic acids is 1. The molecule has 2 aliphatic heterocycles. The number of hydrogen-bond donors (Lipinski definition) is 2. The molecule has 1 saturated heterocycles. The van der Waals surface area contributed by atoms with Crippen LogP contribution >= 0.6 is 11.8 Å². The van der Waals surface area contributed by atoms with E-state index in [2.05, 4.69) is 0 Å². The molecule has 0 aromatic heterocycles. The van der Waals surface area contributed by atoms with Gasteiger partial charge in [0, 0.05) is 30.8 Å². The lowest BCUT2D eigenvalue weighted by Crippen LogP contribution is -2.52. The third-order valence-corrected chi connectivity index (χ3v) is 5.53. The van der Waals surface area contributed by atoms with E-state index in [-0.39, 0.29) is 24.0 Å². The van der Waals surface area contributed by atoms with Gasteiger partial charge in [0.15, 0.2) is 5.60 Å². The predicted molar refractivity (Wildman–Crippen MR) is 78.2 cm³/mol. The molecular formula is C15H17NO4S. The third-order valence-electron chi connectivity index (χ3n) is 4.22. The molecule has 21 heavy (non-hydrogen) atoms. The maximum Gasteiger partial charge on any atom is 0.335 e. The lowest BCUT2D eigenvalue weighted by atomic mass is 9.91. The van der Waals surface area contributed by atoms with Gasteiger partial charge in [-0.2, -0.15) is 0 Å². The summed E-state index contributed by atoms with van der Waals surface area (Å²) in [5, 5.41) is 18.8. The number of amides is 1. The normalized spacial score (nSPS) is 23.7. The van der Waals surface area contributed by atoms with Crippen molar-refractivity contribution in [3.05, 3.63) is 29.8 Å². The minimum absolute atomic E-state index is 0.0450. The molecule has 0 bridgehead atoms. The summed E-state index contributed by atoms with van der Waals surface area (Å²) in [6, 6.07) is 7.99. The van der Waals surface area contributed by atoms with Gasteiger partial charge in [-0.1, -0.05) is 18.2 Å². The molecule has 3 rings (SSSR count). The van der Waals surface area contributed by atoms with Crippen molar-refractivity contribution in [2.24, 2.45) is 0 Å². The lowest BCUT2D eigenvalue weighted by molar-refractivity contribution is -0.165. The first-order chi connectivity index (χ1) is 9.99. The molecule has 0 saturated carbocycles. The van der Waals surface area contributed by atoms with E-state index in [9.17, 15) is 14.7 Å². The van der Waals surface area contributed by atoms with Crippen molar-refractivity contribution in [1.82, 2.24) is 4.90 Å². The Hall–Kier alpha value is -1.53. The quantitative estimate of drug-likeness (QED) is 0.857. The van der Waals surface area contributed by atoms with Crippen molar-refractivity contribution < 1.29 is 19.8 Å². The molecule has 2 N–H and O–H groups in total. The van der Waals surface area contributed by atoms with Gasteiger partial charge in [0.2, 0.25) is 5.91 Å². The molecule has 5 nitrogen and oxygen atoms in total. The molecule has 1 atom stereocenters. The minimum atomic E-state index is -1.68. The summed E-state index contributed by atoms with van der Waals surface area (Å²) in [5.41, 5.74) is -0.484. The summed E-state index contributed by atoms with van der Waals surface area (Å²) < 4.78 is 0. The average Bonchev–Trinajstić information content (AvgIpc) is 2.91. The third kappa shape index (κ3) is 2.65. The summed E-state index contributed by atoms with van der Waals surface area (Å²) >= 11 is 1.57. The van der Waals surface area contributed by atoms with Crippen molar-refractivity contribution in [3.63, 3.8) is 0 Å². The maximum atomic E-state index is 12.5. The fourth-order valence-electron chi connectivity index (χ4n) is 2.83. The number of fused-ring (bicyclic) bond motifs is 1. The largest absolute Gasteiger partial charge is 0.479 e. The number of hydrogen-bond acceptors (Lipinski definition) is 4. The van der Waals surface area contributed by atoms with Crippen LogP contribution in [-0.2, 0) is 16.0 Å². The maximum absolute atomic E-state index is 12.5. The van der Waals surface area contributed by atoms with Gasteiger partial charge < -0.3 is 15.1 Å². The fourth-order valence-corrected chi connectivity index (χ4v) is 4.11. The number of carbonyl (C=O) groups is 2. The number of likely N-dealkylation sites (tertiary alicyclic amines) is 1. The Morgan fingerprint density at radius 2 is 1.90 bits per heavy atom. The predicted octanol–water partition coefficient (Wildman–Crippen LogP) is 1.14. The summed E-state index contributed by atoms with van der Waals surface area (Å²) in [4.78, 5) is 26.4. The van der Waals surface area contributed by atoms with E-state index in [1.54, 1.807) is 16.7 Å². The monoisotopic (exact) mass is 307 g/mol. The molecule has 1 fully saturated rings. The molecule has 0 aliphatic carbocycles. The Bertz CT molecular complexity index is 556. The number of rotatable bonds is 2. The van der Waals surface area contributed by atoms with Gasteiger partial charge in [-0.3, -0.25) is 4.79 Å². The highest BCUT2D eigenvalue weighted by atomic mass is 32.2. The lowest BCUT2D eigenvalue weighted by Gasteiger charge is -2.36. The van der Waals surface area contributed by atoms with Gasteiger partial charge in [0.05, 0.1) is 5.25 Å². The highest BCUT2D eigenvalue weighted by molar-refractivity contribution is 8.01. The highest BCUT2D eigenvalue weighted by Crippen LogP contribution is 2.38. The first kappa shape index (κ1) is 14.4. The first-order valence-corrected chi connectivity index (χ1v) is 7.87. The molecule has 1 aromatic rings. The first-order valence-electron chi connectivity index (χ1n) is 6.99. The van der Waals surface area contributed by atoms with Crippen LogP contribution in [-0.4, -0.2) is 50.9 Å². The van der Waals surface area contributed by atoms with Crippen LogP contribution in [0.3, 0.4) is 0 Å². The van der Waals surface area contributed by atoms with Crippen molar-refractivity contribution in [1.29, 1.82) is 0 Å². The Balaban J connectivity index is 1.63. The smallest absolute Gasteiger partial charge is 0.335 e. The number of nitrogens with zero attached hydrogens (tertiary/aromatic N) is 1. The topological polar surface area (TPSA) is 77.8 Å². The van der Waals surface area contributed by atoms with Crippen LogP contribution in [0.1, 0.15) is 18.4 Å². The standard InChI is InChI=1S/C15H17NO4S/c17-13(12-9-10-3-1-2-4-11(10)21-12)16-7-5-15(20,6-8-16)14(18)19/h1-4,12,20H,5-9H2,(H,18,19). The van der Waals surface area contributed by atoms with Crippen LogP contribution in [0, 0.1) is 0 Å². The number of aliphatic carboxylic acids is 1. The molecule has 6 heteroatoms. The Kier molecular flexibility index (Phi) is 3.67. The van der Waals surface area contributed by atoms with Crippen LogP contribution in [0.15, 0.2) is 29.2 Å². The molecule has 0 spiro atoms. The summed E-state index contributed by atoms with van der Waals surface area (Å²) in [6.07, 6.45) is 0.913. The molecule has 1 unspecified atom stereocenters. The van der Waals surface area contributed by atoms with Gasteiger partial charge in [0.1, 0.15) is 0 Å². The van der Waals surface area contributed by atoms with Gasteiger partial charge in [-0.25, -0.2) is 4.79 Å². The Morgan fingerprint density at radius 3 is 2.52 bits per heavy atom. The van der Waals surface area contributed by atoms with Crippen molar-refractivity contribution in [2.75, 3.05) is 13.1 Å². The zero-order valence-corrected chi connectivity index (χ0v) is 12.3. The molecule has 2 aliphatic rings. The van der Waals surface area contributed by atoms with E-state index in [1.165, 1.54) is 5.56 Å². The zero-order valence-electron chi connectivity index (χ0n) is 11.5. The second-order valence-corrected chi connectivity index (χ2v) is 6.82. The van der Waals surface area contributed by atoms with E-state index in [1.807, 2.05) is 24.3 Å². The van der Waals surface area contributed by atoms with Crippen LogP contribution in [0.25, 0.3) is 0 Å². The number of carboxylic acids is 1. The number of benzene rings is 1. The molecule has 112 valence electrons. The fraction of sp³-hybridized carbons (Fsp3) is 0.467. The van der Waals surface area contributed by atoms with Gasteiger partial charge in [0.25, 0.3) is 0 Å². The second-order valence-electron chi connectivity index (χ2n) is 5.58. The van der Waals surface area contributed by atoms with Crippen molar-refractivity contribution >= 4 is 23.6 Å².